The average Bonchev–Trinajstić information content (AvgIpc) is 3.19. The number of amides is 2. The summed E-state index contributed by atoms with van der Waals surface area (Å²) in [5, 5.41) is 5.38. The maximum atomic E-state index is 13.0. The molecule has 1 atom stereocenters. The number of halogens is 1. The van der Waals surface area contributed by atoms with Gasteiger partial charge in [-0.2, -0.15) is 0 Å². The number of hydrogen-bond donors (Lipinski definition) is 2. The van der Waals surface area contributed by atoms with Gasteiger partial charge in [0.25, 0.3) is 0 Å². The van der Waals surface area contributed by atoms with Crippen LogP contribution in [0.25, 0.3) is 0 Å². The first kappa shape index (κ1) is 22.2. The number of ether oxygens (including phenoxy) is 1. The Balaban J connectivity index is 1.39. The van der Waals surface area contributed by atoms with Gasteiger partial charge in [-0.05, 0) is 41.3 Å². The molecule has 2 heterocycles. The Bertz CT molecular complexity index is 960. The molecular formula is C24H29FN4O3. The van der Waals surface area contributed by atoms with Crippen molar-refractivity contribution in [3.8, 4) is 0 Å². The maximum Gasteiger partial charge on any atom is 0.309 e. The Hall–Kier alpha value is -2.97. The van der Waals surface area contributed by atoms with Crippen LogP contribution in [0.2, 0.25) is 0 Å². The average molecular weight is 441 g/mol. The lowest BCUT2D eigenvalue weighted by Crippen LogP contribution is -2.46. The third kappa shape index (κ3) is 5.26. The fourth-order valence-electron chi connectivity index (χ4n) is 4.28. The summed E-state index contributed by atoms with van der Waals surface area (Å²) >= 11 is 0. The van der Waals surface area contributed by atoms with Crippen LogP contribution in [0.5, 0.6) is 0 Å². The summed E-state index contributed by atoms with van der Waals surface area (Å²) in [4.78, 5) is 29.2. The number of fused-ring (bicyclic) bond motifs is 1. The van der Waals surface area contributed by atoms with E-state index in [0.717, 1.165) is 37.2 Å². The first-order chi connectivity index (χ1) is 15.5. The molecule has 0 radical (unpaired) electrons. The molecule has 0 bridgehead atoms. The van der Waals surface area contributed by atoms with Gasteiger partial charge in [-0.1, -0.05) is 24.3 Å². The molecule has 0 aliphatic carbocycles. The molecule has 2 aromatic rings. The second kappa shape index (κ2) is 10.1. The Morgan fingerprint density at radius 2 is 1.75 bits per heavy atom. The van der Waals surface area contributed by atoms with E-state index in [1.54, 1.807) is 12.1 Å². The van der Waals surface area contributed by atoms with Crippen LogP contribution in [0.15, 0.2) is 42.5 Å². The molecule has 8 heteroatoms. The van der Waals surface area contributed by atoms with Gasteiger partial charge in [0.05, 0.1) is 19.3 Å². The zero-order valence-electron chi connectivity index (χ0n) is 18.3. The van der Waals surface area contributed by atoms with Gasteiger partial charge in [-0.3, -0.25) is 14.5 Å². The number of carbonyl (C=O) groups is 2. The van der Waals surface area contributed by atoms with Crippen molar-refractivity contribution in [3.05, 3.63) is 65.0 Å². The van der Waals surface area contributed by atoms with Crippen LogP contribution in [-0.4, -0.2) is 63.2 Å². The van der Waals surface area contributed by atoms with Gasteiger partial charge in [0.1, 0.15) is 5.82 Å². The molecular weight excluding hydrogens is 411 g/mol. The van der Waals surface area contributed by atoms with Crippen LogP contribution in [-0.2, 0) is 27.3 Å². The Morgan fingerprint density at radius 1 is 1.03 bits per heavy atom. The van der Waals surface area contributed by atoms with Gasteiger partial charge >= 0.3 is 11.8 Å². The molecule has 1 unspecified atom stereocenters. The molecule has 170 valence electrons. The lowest BCUT2D eigenvalue weighted by molar-refractivity contribution is -0.139. The van der Waals surface area contributed by atoms with Crippen LogP contribution in [0.4, 0.5) is 10.1 Å². The predicted molar refractivity (Wildman–Crippen MR) is 120 cm³/mol. The number of likely N-dealkylation sites (N-methyl/N-ethyl adjacent to an activating group) is 1. The third-order valence-electron chi connectivity index (χ3n) is 6.13. The van der Waals surface area contributed by atoms with E-state index in [1.165, 1.54) is 23.4 Å². The minimum Gasteiger partial charge on any atom is -0.379 e. The van der Waals surface area contributed by atoms with Gasteiger partial charge in [-0.25, -0.2) is 4.39 Å². The number of anilines is 1. The highest BCUT2D eigenvalue weighted by atomic mass is 19.1. The normalized spacial score (nSPS) is 17.0. The minimum atomic E-state index is -0.703. The molecule has 2 N–H and O–H groups in total. The molecule has 2 aliphatic heterocycles. The number of nitrogens with one attached hydrogen (secondary N) is 2. The Labute approximate surface area is 187 Å². The molecule has 1 saturated heterocycles. The fraction of sp³-hybridized carbons (Fsp3) is 0.417. The standard InChI is InChI=1S/C24H29FN4O3/c1-28-9-8-19-14-18(4-7-21(19)28)22(29-10-12-32-13-11-29)16-27-24(31)23(30)26-15-17-2-5-20(25)6-3-17/h2-7,14,22H,8-13,15-16H2,1H3,(H,26,30)(H,27,31). The summed E-state index contributed by atoms with van der Waals surface area (Å²) in [6, 6.07) is 12.2. The molecule has 2 amide bonds. The van der Waals surface area contributed by atoms with Crippen molar-refractivity contribution in [1.82, 2.24) is 15.5 Å². The maximum absolute atomic E-state index is 13.0. The van der Waals surface area contributed by atoms with Gasteiger partial charge in [0.2, 0.25) is 0 Å². The molecule has 0 spiro atoms. The summed E-state index contributed by atoms with van der Waals surface area (Å²) in [6.07, 6.45) is 1.01. The molecule has 0 aromatic heterocycles. The highest BCUT2D eigenvalue weighted by Gasteiger charge is 2.26. The highest BCUT2D eigenvalue weighted by molar-refractivity contribution is 6.35. The SMILES string of the molecule is CN1CCc2cc(C(CNC(=O)C(=O)NCc3ccc(F)cc3)N3CCOCC3)ccc21. The van der Waals surface area contributed by atoms with Crippen LogP contribution >= 0.6 is 0 Å². The zero-order chi connectivity index (χ0) is 22.5. The quantitative estimate of drug-likeness (QED) is 0.668. The van der Waals surface area contributed by atoms with E-state index in [2.05, 4.69) is 45.7 Å². The highest BCUT2D eigenvalue weighted by Crippen LogP contribution is 2.31. The second-order valence-corrected chi connectivity index (χ2v) is 8.24. The van der Waals surface area contributed by atoms with E-state index in [0.29, 0.717) is 19.8 Å². The van der Waals surface area contributed by atoms with E-state index in [1.807, 2.05) is 0 Å². The van der Waals surface area contributed by atoms with Crippen molar-refractivity contribution in [3.63, 3.8) is 0 Å². The largest absolute Gasteiger partial charge is 0.379 e. The van der Waals surface area contributed by atoms with Crippen LogP contribution in [0, 0.1) is 5.82 Å². The summed E-state index contributed by atoms with van der Waals surface area (Å²) in [5.74, 6) is -1.72. The molecule has 4 rings (SSSR count). The lowest BCUT2D eigenvalue weighted by atomic mass is 10.0. The monoisotopic (exact) mass is 440 g/mol. The van der Waals surface area contributed by atoms with Crippen molar-refractivity contribution in [2.75, 3.05) is 51.3 Å². The number of rotatable bonds is 6. The second-order valence-electron chi connectivity index (χ2n) is 8.24. The Morgan fingerprint density at radius 3 is 2.50 bits per heavy atom. The molecule has 7 nitrogen and oxygen atoms in total. The van der Waals surface area contributed by atoms with E-state index in [-0.39, 0.29) is 18.4 Å². The number of morpholine rings is 1. The number of benzene rings is 2. The first-order valence-corrected chi connectivity index (χ1v) is 11.0. The van der Waals surface area contributed by atoms with Gasteiger partial charge < -0.3 is 20.3 Å². The number of hydrogen-bond acceptors (Lipinski definition) is 5. The van der Waals surface area contributed by atoms with Gasteiger partial charge in [0, 0.05) is 45.5 Å². The van der Waals surface area contributed by atoms with Crippen LogP contribution in [0.1, 0.15) is 22.7 Å². The van der Waals surface area contributed by atoms with Crippen molar-refractivity contribution in [2.24, 2.45) is 0 Å². The van der Waals surface area contributed by atoms with E-state index < -0.39 is 11.8 Å². The van der Waals surface area contributed by atoms with E-state index in [9.17, 15) is 14.0 Å². The van der Waals surface area contributed by atoms with E-state index >= 15 is 0 Å². The molecule has 2 aromatic carbocycles. The molecule has 0 saturated carbocycles. The number of carbonyl (C=O) groups excluding carboxylic acids is 2. The molecule has 2 aliphatic rings. The minimum absolute atomic E-state index is 0.0380. The van der Waals surface area contributed by atoms with Crippen molar-refractivity contribution < 1.29 is 18.7 Å². The van der Waals surface area contributed by atoms with Crippen LogP contribution < -0.4 is 15.5 Å². The van der Waals surface area contributed by atoms with Crippen molar-refractivity contribution >= 4 is 17.5 Å². The van der Waals surface area contributed by atoms with Gasteiger partial charge in [0.15, 0.2) is 0 Å². The lowest BCUT2D eigenvalue weighted by Gasteiger charge is -2.35. The molecule has 32 heavy (non-hydrogen) atoms. The molecule has 1 fully saturated rings. The zero-order valence-corrected chi connectivity index (χ0v) is 18.3. The Kier molecular flexibility index (Phi) is 7.02. The third-order valence-corrected chi connectivity index (χ3v) is 6.13. The fourth-order valence-corrected chi connectivity index (χ4v) is 4.28. The van der Waals surface area contributed by atoms with Crippen LogP contribution in [0.3, 0.4) is 0 Å². The predicted octanol–water partition coefficient (Wildman–Crippen LogP) is 1.62. The van der Waals surface area contributed by atoms with Gasteiger partial charge in [-0.15, -0.1) is 0 Å². The summed E-state index contributed by atoms with van der Waals surface area (Å²) in [5.41, 5.74) is 4.42. The van der Waals surface area contributed by atoms with E-state index in [4.69, 9.17) is 4.74 Å². The summed E-state index contributed by atoms with van der Waals surface area (Å²) < 4.78 is 18.5. The summed E-state index contributed by atoms with van der Waals surface area (Å²) in [7, 11) is 2.09. The first-order valence-electron chi connectivity index (χ1n) is 11.0. The smallest absolute Gasteiger partial charge is 0.309 e. The topological polar surface area (TPSA) is 73.9 Å². The summed E-state index contributed by atoms with van der Waals surface area (Å²) in [6.45, 7) is 4.34. The number of nitrogens with zero attached hydrogens (tertiary/aromatic N) is 2. The van der Waals surface area contributed by atoms with Crippen molar-refractivity contribution in [2.45, 2.75) is 19.0 Å². The van der Waals surface area contributed by atoms with Crippen molar-refractivity contribution in [1.29, 1.82) is 0 Å².